The molecule has 1 fully saturated rings. The summed E-state index contributed by atoms with van der Waals surface area (Å²) in [7, 11) is 0. The number of piperidine rings is 1. The molecule has 0 bridgehead atoms. The van der Waals surface area contributed by atoms with Gasteiger partial charge in [-0.1, -0.05) is 13.3 Å². The van der Waals surface area contributed by atoms with Crippen molar-refractivity contribution in [1.82, 2.24) is 14.7 Å². The third-order valence-corrected chi connectivity index (χ3v) is 6.22. The molecule has 1 aromatic carbocycles. The molecule has 0 saturated carbocycles. The second-order valence-corrected chi connectivity index (χ2v) is 8.78. The molecule has 2 heterocycles. The molecular formula is C24H35N5O2. The molecule has 2 N–H and O–H groups in total. The van der Waals surface area contributed by atoms with Gasteiger partial charge in [0.05, 0.1) is 24.7 Å². The maximum Gasteiger partial charge on any atom is 0.238 e. The van der Waals surface area contributed by atoms with E-state index in [9.17, 15) is 9.59 Å². The molecule has 31 heavy (non-hydrogen) atoms. The first kappa shape index (κ1) is 23.0. The maximum atomic E-state index is 12.7. The Bertz CT molecular complexity index is 944. The number of benzene rings is 1. The van der Waals surface area contributed by atoms with Crippen LogP contribution in [0.25, 0.3) is 0 Å². The molecular weight excluding hydrogens is 390 g/mol. The fourth-order valence-electron chi connectivity index (χ4n) is 3.96. The van der Waals surface area contributed by atoms with E-state index in [1.54, 1.807) is 0 Å². The smallest absolute Gasteiger partial charge is 0.238 e. The van der Waals surface area contributed by atoms with Gasteiger partial charge in [0, 0.05) is 17.1 Å². The number of rotatable bonds is 7. The highest BCUT2D eigenvalue weighted by atomic mass is 16.2. The number of carbonyl (C=O) groups is 2. The summed E-state index contributed by atoms with van der Waals surface area (Å²) in [6, 6.07) is 5.59. The summed E-state index contributed by atoms with van der Waals surface area (Å²) >= 11 is 0. The van der Waals surface area contributed by atoms with Gasteiger partial charge in [0.25, 0.3) is 0 Å². The van der Waals surface area contributed by atoms with E-state index in [0.29, 0.717) is 13.1 Å². The number of hydrogen-bond acceptors (Lipinski definition) is 4. The Balaban J connectivity index is 1.55. The van der Waals surface area contributed by atoms with E-state index in [4.69, 9.17) is 0 Å². The Hall–Kier alpha value is -2.67. The van der Waals surface area contributed by atoms with Crippen molar-refractivity contribution in [1.29, 1.82) is 0 Å². The summed E-state index contributed by atoms with van der Waals surface area (Å²) in [5.41, 5.74) is 5.70. The third kappa shape index (κ3) is 5.94. The van der Waals surface area contributed by atoms with Crippen molar-refractivity contribution in [3.8, 4) is 0 Å². The molecule has 1 aliphatic rings. The minimum atomic E-state index is -0.221. The number of nitrogens with zero attached hydrogens (tertiary/aromatic N) is 3. The number of aryl methyl sites for hydroxylation is 2. The van der Waals surface area contributed by atoms with Crippen LogP contribution in [0.5, 0.6) is 0 Å². The Morgan fingerprint density at radius 2 is 1.77 bits per heavy atom. The normalized spacial score (nSPS) is 15.5. The monoisotopic (exact) mass is 425 g/mol. The average molecular weight is 426 g/mol. The zero-order valence-electron chi connectivity index (χ0n) is 19.4. The quantitative estimate of drug-likeness (QED) is 0.707. The van der Waals surface area contributed by atoms with Gasteiger partial charge in [-0.3, -0.25) is 19.2 Å². The van der Waals surface area contributed by atoms with Crippen molar-refractivity contribution < 1.29 is 9.59 Å². The van der Waals surface area contributed by atoms with E-state index in [-0.39, 0.29) is 17.7 Å². The standard InChI is InChI=1S/C24H35N5O2/c1-16-13-21(9-10-22(16)26-23(30)15-28-11-7-6-8-12-28)25-24(31)17(2)14-29-20(5)18(3)19(4)27-29/h9-10,13,17H,6-8,11-12,14-15H2,1-5H3,(H,25,31)(H,26,30)/t17-/m0/s1. The third-order valence-electron chi connectivity index (χ3n) is 6.22. The van der Waals surface area contributed by atoms with E-state index >= 15 is 0 Å². The molecule has 7 nitrogen and oxygen atoms in total. The van der Waals surface area contributed by atoms with E-state index in [1.807, 2.05) is 50.6 Å². The summed E-state index contributed by atoms with van der Waals surface area (Å²) in [5, 5.41) is 10.5. The van der Waals surface area contributed by atoms with Crippen molar-refractivity contribution in [2.45, 2.75) is 60.4 Å². The van der Waals surface area contributed by atoms with Gasteiger partial charge in [-0.15, -0.1) is 0 Å². The van der Waals surface area contributed by atoms with Gasteiger partial charge in [-0.2, -0.15) is 5.10 Å². The fraction of sp³-hybridized carbons (Fsp3) is 0.542. The number of amides is 2. The number of aromatic nitrogens is 2. The zero-order chi connectivity index (χ0) is 22.5. The molecule has 0 spiro atoms. The largest absolute Gasteiger partial charge is 0.326 e. The van der Waals surface area contributed by atoms with Crippen LogP contribution in [-0.2, 0) is 16.1 Å². The Kier molecular flexibility index (Phi) is 7.49. The van der Waals surface area contributed by atoms with Crippen LogP contribution in [0.1, 0.15) is 48.7 Å². The van der Waals surface area contributed by atoms with Gasteiger partial charge in [-0.25, -0.2) is 0 Å². The van der Waals surface area contributed by atoms with Gasteiger partial charge in [0.2, 0.25) is 11.8 Å². The van der Waals surface area contributed by atoms with Crippen molar-refractivity contribution in [2.24, 2.45) is 5.92 Å². The predicted molar refractivity (Wildman–Crippen MR) is 124 cm³/mol. The molecule has 1 aromatic heterocycles. The van der Waals surface area contributed by atoms with Gasteiger partial charge < -0.3 is 10.6 Å². The van der Waals surface area contributed by atoms with Crippen LogP contribution < -0.4 is 10.6 Å². The zero-order valence-corrected chi connectivity index (χ0v) is 19.4. The second kappa shape index (κ2) is 10.1. The van der Waals surface area contributed by atoms with Crippen molar-refractivity contribution >= 4 is 23.2 Å². The number of likely N-dealkylation sites (tertiary alicyclic amines) is 1. The summed E-state index contributed by atoms with van der Waals surface area (Å²) in [6.45, 7) is 12.9. The lowest BCUT2D eigenvalue weighted by Crippen LogP contribution is -2.36. The Morgan fingerprint density at radius 1 is 1.06 bits per heavy atom. The first-order valence-electron chi connectivity index (χ1n) is 11.2. The summed E-state index contributed by atoms with van der Waals surface area (Å²) < 4.78 is 1.90. The Labute approximate surface area is 185 Å². The van der Waals surface area contributed by atoms with Crippen LogP contribution in [0.2, 0.25) is 0 Å². The minimum absolute atomic E-state index is 0.00980. The van der Waals surface area contributed by atoms with Crippen LogP contribution in [-0.4, -0.2) is 46.1 Å². The topological polar surface area (TPSA) is 79.3 Å². The molecule has 1 saturated heterocycles. The van der Waals surface area contributed by atoms with Crippen molar-refractivity contribution in [3.63, 3.8) is 0 Å². The Morgan fingerprint density at radius 3 is 2.39 bits per heavy atom. The lowest BCUT2D eigenvalue weighted by Gasteiger charge is -2.25. The molecule has 1 atom stereocenters. The lowest BCUT2D eigenvalue weighted by molar-refractivity contribution is -0.120. The maximum absolute atomic E-state index is 12.7. The molecule has 0 radical (unpaired) electrons. The highest BCUT2D eigenvalue weighted by molar-refractivity contribution is 5.95. The molecule has 1 aliphatic heterocycles. The van der Waals surface area contributed by atoms with Crippen LogP contribution in [0.4, 0.5) is 11.4 Å². The summed E-state index contributed by atoms with van der Waals surface area (Å²) in [5.74, 6) is -0.260. The van der Waals surface area contributed by atoms with Gasteiger partial charge in [-0.05, 0) is 83.0 Å². The molecule has 3 rings (SSSR count). The fourth-order valence-corrected chi connectivity index (χ4v) is 3.96. The average Bonchev–Trinajstić information content (AvgIpc) is 2.97. The van der Waals surface area contributed by atoms with E-state index in [1.165, 1.54) is 12.0 Å². The van der Waals surface area contributed by atoms with Crippen molar-refractivity contribution in [2.75, 3.05) is 30.3 Å². The van der Waals surface area contributed by atoms with Crippen LogP contribution in [0.3, 0.4) is 0 Å². The number of anilines is 2. The molecule has 2 amide bonds. The number of hydrogen-bond donors (Lipinski definition) is 2. The number of carbonyl (C=O) groups excluding carboxylic acids is 2. The first-order valence-corrected chi connectivity index (χ1v) is 11.2. The summed E-state index contributed by atoms with van der Waals surface area (Å²) in [6.07, 6.45) is 3.58. The molecule has 2 aromatic rings. The van der Waals surface area contributed by atoms with E-state index < -0.39 is 0 Å². The second-order valence-electron chi connectivity index (χ2n) is 8.78. The van der Waals surface area contributed by atoms with Gasteiger partial charge in [0.15, 0.2) is 0 Å². The highest BCUT2D eigenvalue weighted by Gasteiger charge is 2.18. The van der Waals surface area contributed by atoms with E-state index in [0.717, 1.165) is 54.3 Å². The van der Waals surface area contributed by atoms with Crippen LogP contribution >= 0.6 is 0 Å². The number of nitrogens with one attached hydrogen (secondary N) is 2. The van der Waals surface area contributed by atoms with Crippen LogP contribution in [0, 0.1) is 33.6 Å². The molecule has 0 unspecified atom stereocenters. The predicted octanol–water partition coefficient (Wildman–Crippen LogP) is 3.82. The first-order chi connectivity index (χ1) is 14.7. The lowest BCUT2D eigenvalue weighted by atomic mass is 10.1. The summed E-state index contributed by atoms with van der Waals surface area (Å²) in [4.78, 5) is 27.3. The highest BCUT2D eigenvalue weighted by Crippen LogP contribution is 2.21. The molecule has 0 aliphatic carbocycles. The van der Waals surface area contributed by atoms with Gasteiger partial charge >= 0.3 is 0 Å². The van der Waals surface area contributed by atoms with Crippen molar-refractivity contribution in [3.05, 3.63) is 40.7 Å². The van der Waals surface area contributed by atoms with Gasteiger partial charge in [0.1, 0.15) is 0 Å². The SMILES string of the molecule is Cc1cc(NC(=O)[C@@H](C)Cn2nc(C)c(C)c2C)ccc1NC(=O)CN1CCCCC1. The van der Waals surface area contributed by atoms with Crippen LogP contribution in [0.15, 0.2) is 18.2 Å². The molecule has 7 heteroatoms. The van der Waals surface area contributed by atoms with E-state index in [2.05, 4.69) is 27.6 Å². The molecule has 168 valence electrons. The minimum Gasteiger partial charge on any atom is -0.326 e.